The van der Waals surface area contributed by atoms with Crippen LogP contribution in [-0.4, -0.2) is 36.4 Å². The van der Waals surface area contributed by atoms with Gasteiger partial charge in [-0.3, -0.25) is 0 Å². The lowest BCUT2D eigenvalue weighted by Crippen LogP contribution is -2.12. The van der Waals surface area contributed by atoms with Gasteiger partial charge >= 0.3 is 0 Å². The lowest BCUT2D eigenvalue weighted by Gasteiger charge is -2.11. The first-order chi connectivity index (χ1) is 15.0. The smallest absolute Gasteiger partial charge is 0.166 e. The number of benzene rings is 2. The SMILES string of the molecule is Nc1nc2cccc(OCCOCCOc3cccc4nc(N)c(F)cc34)c2cc1F. The molecule has 0 amide bonds. The van der Waals surface area contributed by atoms with E-state index >= 15 is 0 Å². The van der Waals surface area contributed by atoms with Gasteiger partial charge in [0.05, 0.1) is 24.2 Å². The number of nitrogens with zero attached hydrogens (tertiary/aromatic N) is 2. The van der Waals surface area contributed by atoms with Gasteiger partial charge in [0.25, 0.3) is 0 Å². The molecular weight excluding hydrogens is 406 g/mol. The zero-order valence-electron chi connectivity index (χ0n) is 16.5. The Balaban J connectivity index is 1.26. The molecule has 0 saturated heterocycles. The van der Waals surface area contributed by atoms with Gasteiger partial charge in [0.1, 0.15) is 24.7 Å². The van der Waals surface area contributed by atoms with Gasteiger partial charge in [-0.25, -0.2) is 18.7 Å². The van der Waals surface area contributed by atoms with Gasteiger partial charge in [-0.2, -0.15) is 0 Å². The molecule has 9 heteroatoms. The molecular formula is C22H20F2N4O3. The van der Waals surface area contributed by atoms with E-state index in [9.17, 15) is 8.78 Å². The van der Waals surface area contributed by atoms with Crippen molar-refractivity contribution in [1.82, 2.24) is 9.97 Å². The van der Waals surface area contributed by atoms with Crippen LogP contribution in [0.15, 0.2) is 48.5 Å². The van der Waals surface area contributed by atoms with Gasteiger partial charge in [0.15, 0.2) is 23.3 Å². The van der Waals surface area contributed by atoms with Gasteiger partial charge < -0.3 is 25.7 Å². The highest BCUT2D eigenvalue weighted by Crippen LogP contribution is 2.27. The van der Waals surface area contributed by atoms with Crippen LogP contribution in [0, 0.1) is 11.6 Å². The van der Waals surface area contributed by atoms with Crippen LogP contribution in [-0.2, 0) is 4.74 Å². The number of fused-ring (bicyclic) bond motifs is 2. The lowest BCUT2D eigenvalue weighted by molar-refractivity contribution is 0.0771. The minimum atomic E-state index is -0.594. The van der Waals surface area contributed by atoms with Crippen molar-refractivity contribution in [3.05, 3.63) is 60.2 Å². The summed E-state index contributed by atoms with van der Waals surface area (Å²) < 4.78 is 44.3. The van der Waals surface area contributed by atoms with Crippen molar-refractivity contribution in [3.8, 4) is 11.5 Å². The topological polar surface area (TPSA) is 106 Å². The van der Waals surface area contributed by atoms with Crippen molar-refractivity contribution in [3.63, 3.8) is 0 Å². The predicted molar refractivity (Wildman–Crippen MR) is 114 cm³/mol. The zero-order valence-corrected chi connectivity index (χ0v) is 16.5. The Kier molecular flexibility index (Phi) is 5.94. The average Bonchev–Trinajstić information content (AvgIpc) is 2.75. The Morgan fingerprint density at radius 1 is 0.677 bits per heavy atom. The quantitative estimate of drug-likeness (QED) is 0.414. The minimum absolute atomic E-state index is 0.152. The first kappa shape index (κ1) is 20.5. The zero-order chi connectivity index (χ0) is 21.8. The highest BCUT2D eigenvalue weighted by molar-refractivity contribution is 5.87. The molecule has 31 heavy (non-hydrogen) atoms. The van der Waals surface area contributed by atoms with Crippen molar-refractivity contribution in [2.24, 2.45) is 0 Å². The Morgan fingerprint density at radius 3 is 1.58 bits per heavy atom. The molecule has 4 N–H and O–H groups in total. The van der Waals surface area contributed by atoms with Crippen molar-refractivity contribution >= 4 is 33.4 Å². The van der Waals surface area contributed by atoms with Gasteiger partial charge in [0.2, 0.25) is 0 Å². The summed E-state index contributed by atoms with van der Waals surface area (Å²) in [5.74, 6) is -0.504. The summed E-state index contributed by atoms with van der Waals surface area (Å²) in [6.45, 7) is 1.11. The number of pyridine rings is 2. The lowest BCUT2D eigenvalue weighted by atomic mass is 10.2. The first-order valence-electron chi connectivity index (χ1n) is 9.56. The van der Waals surface area contributed by atoms with Crippen LogP contribution < -0.4 is 20.9 Å². The van der Waals surface area contributed by atoms with Crippen molar-refractivity contribution in [1.29, 1.82) is 0 Å². The summed E-state index contributed by atoms with van der Waals surface area (Å²) in [7, 11) is 0. The van der Waals surface area contributed by atoms with E-state index in [1.165, 1.54) is 12.1 Å². The first-order valence-corrected chi connectivity index (χ1v) is 9.56. The summed E-state index contributed by atoms with van der Waals surface area (Å²) in [4.78, 5) is 8.01. The van der Waals surface area contributed by atoms with Crippen LogP contribution in [0.1, 0.15) is 0 Å². The molecule has 4 aromatic rings. The van der Waals surface area contributed by atoms with E-state index < -0.39 is 11.6 Å². The van der Waals surface area contributed by atoms with E-state index in [1.807, 2.05) is 0 Å². The number of aromatic nitrogens is 2. The molecule has 0 aliphatic carbocycles. The van der Waals surface area contributed by atoms with E-state index in [2.05, 4.69) is 9.97 Å². The molecule has 0 aliphatic rings. The molecule has 0 atom stereocenters. The molecule has 0 bridgehead atoms. The van der Waals surface area contributed by atoms with Crippen LogP contribution in [0.4, 0.5) is 20.4 Å². The maximum absolute atomic E-state index is 13.7. The second-order valence-corrected chi connectivity index (χ2v) is 6.67. The summed E-state index contributed by atoms with van der Waals surface area (Å²) in [6.07, 6.45) is 0. The average molecular weight is 426 g/mol. The Hall–Kier alpha value is -3.72. The number of hydrogen-bond donors (Lipinski definition) is 2. The second kappa shape index (κ2) is 8.97. The van der Waals surface area contributed by atoms with Crippen LogP contribution in [0.3, 0.4) is 0 Å². The van der Waals surface area contributed by atoms with Gasteiger partial charge in [0, 0.05) is 10.8 Å². The van der Waals surface area contributed by atoms with E-state index in [1.54, 1.807) is 36.4 Å². The molecule has 2 aromatic heterocycles. The van der Waals surface area contributed by atoms with E-state index in [0.717, 1.165) is 0 Å². The summed E-state index contributed by atoms with van der Waals surface area (Å²) in [5.41, 5.74) is 12.1. The summed E-state index contributed by atoms with van der Waals surface area (Å²) in [6, 6.07) is 13.0. The molecule has 2 aromatic carbocycles. The van der Waals surface area contributed by atoms with Gasteiger partial charge in [-0.15, -0.1) is 0 Å². The number of nitrogens with two attached hydrogens (primary N) is 2. The van der Waals surface area contributed by atoms with Crippen molar-refractivity contribution < 1.29 is 23.0 Å². The fourth-order valence-corrected chi connectivity index (χ4v) is 3.09. The number of nitrogen functional groups attached to an aromatic ring is 2. The van der Waals surface area contributed by atoms with E-state index in [0.29, 0.717) is 46.5 Å². The third kappa shape index (κ3) is 4.56. The second-order valence-electron chi connectivity index (χ2n) is 6.67. The maximum atomic E-state index is 13.7. The van der Waals surface area contributed by atoms with Gasteiger partial charge in [-0.05, 0) is 36.4 Å². The highest BCUT2D eigenvalue weighted by atomic mass is 19.1. The normalized spacial score (nSPS) is 11.2. The standard InChI is InChI=1S/C22H20F2N4O3/c23-15-11-13-17(27-21(15)25)3-1-5-19(13)30-9-7-29-8-10-31-20-6-2-4-18-14(20)12-16(24)22(26)28-18/h1-6,11-12H,7-10H2,(H2,25,27)(H2,26,28). The molecule has 4 rings (SSSR count). The minimum Gasteiger partial charge on any atom is -0.490 e. The molecule has 0 unspecified atom stereocenters. The molecule has 160 valence electrons. The Labute approximate surface area is 176 Å². The molecule has 7 nitrogen and oxygen atoms in total. The monoisotopic (exact) mass is 426 g/mol. The fourth-order valence-electron chi connectivity index (χ4n) is 3.09. The largest absolute Gasteiger partial charge is 0.490 e. The maximum Gasteiger partial charge on any atom is 0.166 e. The molecule has 0 radical (unpaired) electrons. The number of ether oxygens (including phenoxy) is 3. The number of rotatable bonds is 8. The molecule has 0 saturated carbocycles. The van der Waals surface area contributed by atoms with E-state index in [-0.39, 0.29) is 24.8 Å². The summed E-state index contributed by atoms with van der Waals surface area (Å²) >= 11 is 0. The third-order valence-corrected chi connectivity index (χ3v) is 4.57. The van der Waals surface area contributed by atoms with Crippen LogP contribution >= 0.6 is 0 Å². The van der Waals surface area contributed by atoms with Crippen molar-refractivity contribution in [2.45, 2.75) is 0 Å². The van der Waals surface area contributed by atoms with Gasteiger partial charge in [-0.1, -0.05) is 12.1 Å². The Bertz CT molecular complexity index is 1140. The summed E-state index contributed by atoms with van der Waals surface area (Å²) in [5, 5.41) is 1.07. The molecule has 0 fully saturated rings. The predicted octanol–water partition coefficient (Wildman–Crippen LogP) is 3.70. The van der Waals surface area contributed by atoms with E-state index in [4.69, 9.17) is 25.7 Å². The number of anilines is 2. The molecule has 2 heterocycles. The fraction of sp³-hybridized carbons (Fsp3) is 0.182. The highest BCUT2D eigenvalue weighted by Gasteiger charge is 2.09. The molecule has 0 spiro atoms. The van der Waals surface area contributed by atoms with Crippen LogP contribution in [0.5, 0.6) is 11.5 Å². The van der Waals surface area contributed by atoms with Crippen LogP contribution in [0.2, 0.25) is 0 Å². The molecule has 0 aliphatic heterocycles. The van der Waals surface area contributed by atoms with Crippen molar-refractivity contribution in [2.75, 3.05) is 37.9 Å². The number of halogens is 2. The number of hydrogen-bond acceptors (Lipinski definition) is 7. The van der Waals surface area contributed by atoms with Crippen LogP contribution in [0.25, 0.3) is 21.8 Å². The third-order valence-electron chi connectivity index (χ3n) is 4.57. The Morgan fingerprint density at radius 2 is 1.13 bits per heavy atom.